The van der Waals surface area contributed by atoms with E-state index < -0.39 is 6.04 Å². The van der Waals surface area contributed by atoms with E-state index in [4.69, 9.17) is 0 Å². The summed E-state index contributed by atoms with van der Waals surface area (Å²) in [7, 11) is 0. The van der Waals surface area contributed by atoms with Crippen molar-refractivity contribution in [3.8, 4) is 0 Å². The first-order chi connectivity index (χ1) is 18.1. The van der Waals surface area contributed by atoms with Gasteiger partial charge in [0.05, 0.1) is 0 Å². The third kappa shape index (κ3) is 7.61. The van der Waals surface area contributed by atoms with Crippen molar-refractivity contribution in [3.05, 3.63) is 143 Å². The smallest absolute Gasteiger partial charge is 0.247 e. The Hall–Kier alpha value is -4.25. The third-order valence-electron chi connectivity index (χ3n) is 6.29. The molecule has 4 aromatic rings. The molecule has 2 amide bonds. The van der Waals surface area contributed by atoms with E-state index in [1.165, 1.54) is 12.1 Å². The van der Waals surface area contributed by atoms with E-state index >= 15 is 0 Å². The topological polar surface area (TPSA) is 49.4 Å². The highest BCUT2D eigenvalue weighted by Crippen LogP contribution is 2.25. The van der Waals surface area contributed by atoms with E-state index in [2.05, 4.69) is 5.32 Å². The Kier molecular flexibility index (Phi) is 9.19. The minimum Gasteiger partial charge on any atom is -0.354 e. The van der Waals surface area contributed by atoms with E-state index in [0.717, 1.165) is 22.3 Å². The Morgan fingerprint density at radius 1 is 0.676 bits per heavy atom. The maximum absolute atomic E-state index is 13.7. The van der Waals surface area contributed by atoms with Crippen molar-refractivity contribution in [2.45, 2.75) is 31.8 Å². The number of benzene rings is 4. The Balaban J connectivity index is 1.58. The van der Waals surface area contributed by atoms with Crippen LogP contribution in [0.4, 0.5) is 4.39 Å². The van der Waals surface area contributed by atoms with Crippen LogP contribution in [0, 0.1) is 5.82 Å². The lowest BCUT2D eigenvalue weighted by Crippen LogP contribution is -2.44. The lowest BCUT2D eigenvalue weighted by Gasteiger charge is -2.32. The number of rotatable bonds is 11. The molecule has 0 aliphatic rings. The average molecular weight is 495 g/mol. The molecule has 4 aromatic carbocycles. The van der Waals surface area contributed by atoms with Gasteiger partial charge in [0.1, 0.15) is 11.9 Å². The number of halogens is 1. The van der Waals surface area contributed by atoms with Crippen molar-refractivity contribution in [1.29, 1.82) is 0 Å². The van der Waals surface area contributed by atoms with Gasteiger partial charge in [-0.25, -0.2) is 4.39 Å². The van der Waals surface area contributed by atoms with E-state index in [1.54, 1.807) is 17.0 Å². The first-order valence-corrected chi connectivity index (χ1v) is 12.5. The maximum Gasteiger partial charge on any atom is 0.247 e. The standard InChI is InChI=1S/C32H31FN2O2/c33-29-19-16-27(17-20-29)24-35(30(36)21-18-25-10-4-1-5-11-25)31(28-14-8-3-9-15-28)32(37)34-23-22-26-12-6-2-7-13-26/h1-17,19-20,31H,18,21-24H2,(H,34,37)/t31-/m1/s1. The quantitative estimate of drug-likeness (QED) is 0.283. The molecular formula is C32H31FN2O2. The van der Waals surface area contributed by atoms with Gasteiger partial charge in [0.2, 0.25) is 11.8 Å². The van der Waals surface area contributed by atoms with Crippen LogP contribution in [0.2, 0.25) is 0 Å². The summed E-state index contributed by atoms with van der Waals surface area (Å²) in [6, 6.07) is 34.4. The maximum atomic E-state index is 13.7. The summed E-state index contributed by atoms with van der Waals surface area (Å²) < 4.78 is 13.6. The summed E-state index contributed by atoms with van der Waals surface area (Å²) in [4.78, 5) is 28.9. The van der Waals surface area contributed by atoms with Gasteiger partial charge < -0.3 is 10.2 Å². The zero-order valence-electron chi connectivity index (χ0n) is 20.7. The Morgan fingerprint density at radius 3 is 1.81 bits per heavy atom. The van der Waals surface area contributed by atoms with Crippen molar-refractivity contribution in [1.82, 2.24) is 10.2 Å². The number of nitrogens with one attached hydrogen (secondary N) is 1. The molecule has 0 bridgehead atoms. The molecule has 0 spiro atoms. The summed E-state index contributed by atoms with van der Waals surface area (Å²) in [5, 5.41) is 3.04. The first kappa shape index (κ1) is 25.8. The van der Waals surface area contributed by atoms with Crippen LogP contribution in [0.25, 0.3) is 0 Å². The molecule has 37 heavy (non-hydrogen) atoms. The molecule has 1 atom stereocenters. The minimum atomic E-state index is -0.815. The van der Waals surface area contributed by atoms with Gasteiger partial charge in [-0.15, -0.1) is 0 Å². The van der Waals surface area contributed by atoms with Crippen molar-refractivity contribution in [2.24, 2.45) is 0 Å². The molecule has 4 rings (SSSR count). The van der Waals surface area contributed by atoms with Crippen LogP contribution in [0.3, 0.4) is 0 Å². The summed E-state index contributed by atoms with van der Waals surface area (Å²) in [6.07, 6.45) is 1.51. The average Bonchev–Trinajstić information content (AvgIpc) is 2.94. The largest absolute Gasteiger partial charge is 0.354 e. The SMILES string of the molecule is O=C(NCCc1ccccc1)[C@@H](c1ccccc1)N(Cc1ccc(F)cc1)C(=O)CCc1ccccc1. The van der Waals surface area contributed by atoms with Gasteiger partial charge in [0.15, 0.2) is 0 Å². The van der Waals surface area contributed by atoms with Crippen LogP contribution in [-0.2, 0) is 29.0 Å². The molecule has 0 radical (unpaired) electrons. The van der Waals surface area contributed by atoms with Gasteiger partial charge in [0, 0.05) is 19.5 Å². The highest BCUT2D eigenvalue weighted by Gasteiger charge is 2.31. The number of hydrogen-bond acceptors (Lipinski definition) is 2. The monoisotopic (exact) mass is 494 g/mol. The summed E-state index contributed by atoms with van der Waals surface area (Å²) in [6.45, 7) is 0.647. The molecule has 0 aliphatic carbocycles. The van der Waals surface area contributed by atoms with Crippen LogP contribution >= 0.6 is 0 Å². The van der Waals surface area contributed by atoms with E-state index in [0.29, 0.717) is 19.4 Å². The van der Waals surface area contributed by atoms with Crippen LogP contribution < -0.4 is 5.32 Å². The highest BCUT2D eigenvalue weighted by atomic mass is 19.1. The number of amides is 2. The predicted octanol–water partition coefficient (Wildman–Crippen LogP) is 5.89. The Bertz CT molecular complexity index is 1260. The number of carbonyl (C=O) groups is 2. The van der Waals surface area contributed by atoms with Crippen molar-refractivity contribution < 1.29 is 14.0 Å². The normalized spacial score (nSPS) is 11.5. The van der Waals surface area contributed by atoms with Crippen molar-refractivity contribution >= 4 is 11.8 Å². The van der Waals surface area contributed by atoms with Crippen LogP contribution in [-0.4, -0.2) is 23.3 Å². The second-order valence-corrected chi connectivity index (χ2v) is 8.97. The van der Waals surface area contributed by atoms with Gasteiger partial charge in [-0.05, 0) is 47.2 Å². The summed E-state index contributed by atoms with van der Waals surface area (Å²) in [5.41, 5.74) is 3.67. The lowest BCUT2D eigenvalue weighted by molar-refractivity contribution is -0.141. The first-order valence-electron chi connectivity index (χ1n) is 12.5. The molecule has 188 valence electrons. The zero-order chi connectivity index (χ0) is 25.9. The van der Waals surface area contributed by atoms with Crippen LogP contribution in [0.5, 0.6) is 0 Å². The van der Waals surface area contributed by atoms with Crippen molar-refractivity contribution in [3.63, 3.8) is 0 Å². The minimum absolute atomic E-state index is 0.139. The Morgan fingerprint density at radius 2 is 1.22 bits per heavy atom. The fourth-order valence-electron chi connectivity index (χ4n) is 4.33. The zero-order valence-corrected chi connectivity index (χ0v) is 20.7. The second-order valence-electron chi connectivity index (χ2n) is 8.97. The molecule has 4 nitrogen and oxygen atoms in total. The van der Waals surface area contributed by atoms with Gasteiger partial charge in [-0.3, -0.25) is 9.59 Å². The van der Waals surface area contributed by atoms with E-state index in [1.807, 2.05) is 91.0 Å². The summed E-state index contributed by atoms with van der Waals surface area (Å²) in [5.74, 6) is -0.721. The van der Waals surface area contributed by atoms with Crippen LogP contribution in [0.1, 0.15) is 34.7 Å². The third-order valence-corrected chi connectivity index (χ3v) is 6.29. The number of hydrogen-bond donors (Lipinski definition) is 1. The van der Waals surface area contributed by atoms with Gasteiger partial charge in [-0.2, -0.15) is 0 Å². The molecule has 0 saturated heterocycles. The van der Waals surface area contributed by atoms with Gasteiger partial charge in [0.25, 0.3) is 0 Å². The number of carbonyl (C=O) groups excluding carboxylic acids is 2. The molecular weight excluding hydrogens is 463 g/mol. The summed E-state index contributed by atoms with van der Waals surface area (Å²) >= 11 is 0. The van der Waals surface area contributed by atoms with Gasteiger partial charge in [-0.1, -0.05) is 103 Å². The fourth-order valence-corrected chi connectivity index (χ4v) is 4.33. The molecule has 5 heteroatoms. The van der Waals surface area contributed by atoms with E-state index in [-0.39, 0.29) is 30.6 Å². The van der Waals surface area contributed by atoms with Gasteiger partial charge >= 0.3 is 0 Å². The molecule has 0 heterocycles. The van der Waals surface area contributed by atoms with Crippen LogP contribution in [0.15, 0.2) is 115 Å². The lowest BCUT2D eigenvalue weighted by atomic mass is 10.0. The molecule has 1 N–H and O–H groups in total. The second kappa shape index (κ2) is 13.2. The molecule has 0 fully saturated rings. The molecule has 0 unspecified atom stereocenters. The predicted molar refractivity (Wildman–Crippen MR) is 144 cm³/mol. The van der Waals surface area contributed by atoms with E-state index in [9.17, 15) is 14.0 Å². The fraction of sp³-hybridized carbons (Fsp3) is 0.188. The molecule has 0 saturated carbocycles. The molecule has 0 aromatic heterocycles. The number of nitrogens with zero attached hydrogens (tertiary/aromatic N) is 1. The molecule has 0 aliphatic heterocycles. The van der Waals surface area contributed by atoms with Crippen molar-refractivity contribution in [2.75, 3.05) is 6.54 Å². The number of aryl methyl sites for hydroxylation is 1. The Labute approximate surface area is 217 Å². The highest BCUT2D eigenvalue weighted by molar-refractivity contribution is 5.88.